The summed E-state index contributed by atoms with van der Waals surface area (Å²) in [6, 6.07) is 10.0. The molecule has 0 aliphatic carbocycles. The third-order valence-electron chi connectivity index (χ3n) is 4.20. The van der Waals surface area contributed by atoms with Gasteiger partial charge in [-0.15, -0.1) is 0 Å². The normalized spacial score (nSPS) is 11.8. The zero-order chi connectivity index (χ0) is 20.7. The Bertz CT molecular complexity index is 826. The Morgan fingerprint density at radius 2 is 1.75 bits per heavy atom. The SMILES string of the molecule is COc1ccc(C(CNC(=O)CNC(=O)c2ccc(F)cc2F)N(C)C)cc1. The number of carbonyl (C=O) groups is 2. The van der Waals surface area contributed by atoms with E-state index in [1.807, 2.05) is 43.3 Å². The number of methoxy groups -OCH3 is 1. The highest BCUT2D eigenvalue weighted by atomic mass is 19.1. The molecular formula is C20H23F2N3O3. The van der Waals surface area contributed by atoms with Crippen LogP contribution in [0.1, 0.15) is 22.0 Å². The van der Waals surface area contributed by atoms with E-state index in [2.05, 4.69) is 10.6 Å². The van der Waals surface area contributed by atoms with Crippen LogP contribution in [0.15, 0.2) is 42.5 Å². The molecule has 2 amide bonds. The van der Waals surface area contributed by atoms with Gasteiger partial charge in [0.15, 0.2) is 0 Å². The van der Waals surface area contributed by atoms with E-state index in [0.717, 1.165) is 23.4 Å². The summed E-state index contributed by atoms with van der Waals surface area (Å²) in [5.41, 5.74) is 0.669. The summed E-state index contributed by atoms with van der Waals surface area (Å²) in [5.74, 6) is -2.23. The number of rotatable bonds is 8. The van der Waals surface area contributed by atoms with Gasteiger partial charge < -0.3 is 20.3 Å². The largest absolute Gasteiger partial charge is 0.497 e. The quantitative estimate of drug-likeness (QED) is 0.723. The number of nitrogens with zero attached hydrogens (tertiary/aromatic N) is 1. The lowest BCUT2D eigenvalue weighted by Crippen LogP contribution is -2.40. The minimum atomic E-state index is -0.981. The van der Waals surface area contributed by atoms with Crippen LogP contribution < -0.4 is 15.4 Å². The van der Waals surface area contributed by atoms with Crippen molar-refractivity contribution in [3.63, 3.8) is 0 Å². The monoisotopic (exact) mass is 391 g/mol. The molecule has 0 saturated carbocycles. The van der Waals surface area contributed by atoms with Crippen molar-refractivity contribution >= 4 is 11.8 Å². The van der Waals surface area contributed by atoms with Crippen LogP contribution in [0.5, 0.6) is 5.75 Å². The highest BCUT2D eigenvalue weighted by Gasteiger charge is 2.17. The number of carbonyl (C=O) groups excluding carboxylic acids is 2. The molecule has 0 aliphatic rings. The van der Waals surface area contributed by atoms with Crippen LogP contribution in [0.3, 0.4) is 0 Å². The highest BCUT2D eigenvalue weighted by Crippen LogP contribution is 2.20. The van der Waals surface area contributed by atoms with Crippen LogP contribution in [0.2, 0.25) is 0 Å². The summed E-state index contributed by atoms with van der Waals surface area (Å²) in [7, 11) is 5.37. The van der Waals surface area contributed by atoms with Crippen molar-refractivity contribution in [1.82, 2.24) is 15.5 Å². The fraction of sp³-hybridized carbons (Fsp3) is 0.300. The minimum Gasteiger partial charge on any atom is -0.497 e. The van der Waals surface area contributed by atoms with E-state index < -0.39 is 23.4 Å². The number of benzene rings is 2. The molecule has 150 valence electrons. The van der Waals surface area contributed by atoms with Gasteiger partial charge in [0.05, 0.1) is 25.3 Å². The zero-order valence-corrected chi connectivity index (χ0v) is 16.0. The number of nitrogens with one attached hydrogen (secondary N) is 2. The topological polar surface area (TPSA) is 70.7 Å². The van der Waals surface area contributed by atoms with E-state index in [1.165, 1.54) is 0 Å². The van der Waals surface area contributed by atoms with Crippen molar-refractivity contribution in [2.24, 2.45) is 0 Å². The lowest BCUT2D eigenvalue weighted by atomic mass is 10.1. The first-order chi connectivity index (χ1) is 13.3. The van der Waals surface area contributed by atoms with Crippen LogP contribution in [-0.4, -0.2) is 51.0 Å². The van der Waals surface area contributed by atoms with Gasteiger partial charge in [-0.1, -0.05) is 12.1 Å². The van der Waals surface area contributed by atoms with Gasteiger partial charge in [0.2, 0.25) is 5.91 Å². The molecule has 0 bridgehead atoms. The van der Waals surface area contributed by atoms with E-state index in [9.17, 15) is 18.4 Å². The van der Waals surface area contributed by atoms with Crippen LogP contribution in [0.25, 0.3) is 0 Å². The lowest BCUT2D eigenvalue weighted by molar-refractivity contribution is -0.120. The molecule has 0 saturated heterocycles. The lowest BCUT2D eigenvalue weighted by Gasteiger charge is -2.25. The van der Waals surface area contributed by atoms with Gasteiger partial charge >= 0.3 is 0 Å². The predicted molar refractivity (Wildman–Crippen MR) is 101 cm³/mol. The fourth-order valence-corrected chi connectivity index (χ4v) is 2.63. The van der Waals surface area contributed by atoms with Gasteiger partial charge in [-0.3, -0.25) is 9.59 Å². The molecular weight excluding hydrogens is 368 g/mol. The summed E-state index contributed by atoms with van der Waals surface area (Å²) >= 11 is 0. The van der Waals surface area contributed by atoms with Crippen molar-refractivity contribution in [3.05, 3.63) is 65.2 Å². The Labute approximate surface area is 162 Å². The van der Waals surface area contributed by atoms with E-state index >= 15 is 0 Å². The second-order valence-electron chi connectivity index (χ2n) is 6.36. The van der Waals surface area contributed by atoms with Crippen LogP contribution in [0, 0.1) is 11.6 Å². The average Bonchev–Trinajstić information content (AvgIpc) is 2.66. The molecule has 6 nitrogen and oxygen atoms in total. The summed E-state index contributed by atoms with van der Waals surface area (Å²) in [5, 5.41) is 5.06. The van der Waals surface area contributed by atoms with Gasteiger partial charge in [-0.05, 0) is 43.9 Å². The first kappa shape index (κ1) is 21.3. The second-order valence-corrected chi connectivity index (χ2v) is 6.36. The molecule has 0 aromatic heterocycles. The van der Waals surface area contributed by atoms with Crippen molar-refractivity contribution < 1.29 is 23.1 Å². The molecule has 2 aromatic rings. The van der Waals surface area contributed by atoms with E-state index in [1.54, 1.807) is 7.11 Å². The predicted octanol–water partition coefficient (Wildman–Crippen LogP) is 2.12. The molecule has 8 heteroatoms. The Balaban J connectivity index is 1.89. The summed E-state index contributed by atoms with van der Waals surface area (Å²) in [6.07, 6.45) is 0. The number of hydrogen-bond donors (Lipinski definition) is 2. The second kappa shape index (κ2) is 9.80. The molecule has 1 atom stereocenters. The first-order valence-corrected chi connectivity index (χ1v) is 8.62. The van der Waals surface area contributed by atoms with Gasteiger partial charge in [0.25, 0.3) is 5.91 Å². The van der Waals surface area contributed by atoms with Crippen molar-refractivity contribution in [2.75, 3.05) is 34.3 Å². The van der Waals surface area contributed by atoms with E-state index in [4.69, 9.17) is 4.74 Å². The third kappa shape index (κ3) is 5.75. The molecule has 2 aromatic carbocycles. The maximum atomic E-state index is 13.6. The van der Waals surface area contributed by atoms with Gasteiger partial charge in [0.1, 0.15) is 17.4 Å². The van der Waals surface area contributed by atoms with Gasteiger partial charge in [-0.25, -0.2) is 8.78 Å². The Hall–Kier alpha value is -3.00. The maximum Gasteiger partial charge on any atom is 0.254 e. The number of hydrogen-bond acceptors (Lipinski definition) is 4. The Morgan fingerprint density at radius 1 is 1.07 bits per heavy atom. The number of ether oxygens (including phenoxy) is 1. The molecule has 2 N–H and O–H groups in total. The number of halogens is 2. The average molecular weight is 391 g/mol. The third-order valence-corrected chi connectivity index (χ3v) is 4.20. The Kier molecular flexibility index (Phi) is 7.45. The first-order valence-electron chi connectivity index (χ1n) is 8.62. The van der Waals surface area contributed by atoms with Gasteiger partial charge in [-0.2, -0.15) is 0 Å². The van der Waals surface area contributed by atoms with Crippen molar-refractivity contribution in [2.45, 2.75) is 6.04 Å². The summed E-state index contributed by atoms with van der Waals surface area (Å²) < 4.78 is 31.6. The fourth-order valence-electron chi connectivity index (χ4n) is 2.63. The summed E-state index contributed by atoms with van der Waals surface area (Å²) in [6.45, 7) is -0.00263. The molecule has 0 aliphatic heterocycles. The molecule has 2 rings (SSSR count). The summed E-state index contributed by atoms with van der Waals surface area (Å²) in [4.78, 5) is 25.9. The molecule has 1 unspecified atom stereocenters. The molecule has 0 spiro atoms. The standard InChI is InChI=1S/C20H23F2N3O3/c1-25(2)18(13-4-7-15(28-3)8-5-13)11-23-19(26)12-24-20(27)16-9-6-14(21)10-17(16)22/h4-10,18H,11-12H2,1-3H3,(H,23,26)(H,24,27). The van der Waals surface area contributed by atoms with E-state index in [0.29, 0.717) is 12.6 Å². The van der Waals surface area contributed by atoms with Crippen molar-refractivity contribution in [3.8, 4) is 5.75 Å². The van der Waals surface area contributed by atoms with Crippen LogP contribution >= 0.6 is 0 Å². The molecule has 0 fully saturated rings. The van der Waals surface area contributed by atoms with Crippen LogP contribution in [-0.2, 0) is 4.79 Å². The van der Waals surface area contributed by atoms with Crippen molar-refractivity contribution in [1.29, 1.82) is 0 Å². The number of amides is 2. The van der Waals surface area contributed by atoms with E-state index in [-0.39, 0.29) is 18.2 Å². The molecule has 0 heterocycles. The van der Waals surface area contributed by atoms with Gasteiger partial charge in [0, 0.05) is 12.6 Å². The molecule has 0 radical (unpaired) electrons. The van der Waals surface area contributed by atoms with Crippen LogP contribution in [0.4, 0.5) is 8.78 Å². The minimum absolute atomic E-state index is 0.0832. The smallest absolute Gasteiger partial charge is 0.254 e. The molecule has 28 heavy (non-hydrogen) atoms. The zero-order valence-electron chi connectivity index (χ0n) is 16.0. The maximum absolute atomic E-state index is 13.6. The Morgan fingerprint density at radius 3 is 2.32 bits per heavy atom. The number of likely N-dealkylation sites (N-methyl/N-ethyl adjacent to an activating group) is 1. The highest BCUT2D eigenvalue weighted by molar-refractivity contribution is 5.96.